The highest BCUT2D eigenvalue weighted by atomic mass is 16.5. The van der Waals surface area contributed by atoms with Gasteiger partial charge in [-0.1, -0.05) is 12.1 Å². The Balaban J connectivity index is 1.88. The summed E-state index contributed by atoms with van der Waals surface area (Å²) in [4.78, 5) is 12.4. The highest BCUT2D eigenvalue weighted by molar-refractivity contribution is 6.09. The van der Waals surface area contributed by atoms with Crippen molar-refractivity contribution in [3.8, 4) is 23.0 Å². The minimum atomic E-state index is -0.467. The molecule has 1 aliphatic heterocycles. The molecule has 128 valence electrons. The zero-order chi connectivity index (χ0) is 18.2. The van der Waals surface area contributed by atoms with Crippen LogP contribution in [0.1, 0.15) is 35.3 Å². The minimum Gasteiger partial charge on any atom is -0.506 e. The Labute approximate surface area is 145 Å². The normalized spacial score (nSPS) is 15.0. The fraction of sp³-hybridized carbons (Fsp3) is 0.150. The molecule has 0 bridgehead atoms. The fourth-order valence-electron chi connectivity index (χ4n) is 2.55. The van der Waals surface area contributed by atoms with Crippen LogP contribution in [0.3, 0.4) is 0 Å². The first-order valence-electron chi connectivity index (χ1n) is 7.75. The van der Waals surface area contributed by atoms with E-state index in [2.05, 4.69) is 0 Å². The Bertz CT molecular complexity index is 907. The van der Waals surface area contributed by atoms with Crippen LogP contribution in [-0.2, 0) is 0 Å². The first-order valence-corrected chi connectivity index (χ1v) is 7.75. The first-order chi connectivity index (χ1) is 11.8. The molecule has 0 unspecified atom stereocenters. The molecular formula is C20H18O5. The summed E-state index contributed by atoms with van der Waals surface area (Å²) >= 11 is 0. The van der Waals surface area contributed by atoms with Crippen LogP contribution in [-0.4, -0.2) is 26.7 Å². The molecule has 0 radical (unpaired) electrons. The lowest BCUT2D eigenvalue weighted by Gasteiger charge is -2.28. The summed E-state index contributed by atoms with van der Waals surface area (Å²) in [6.45, 7) is 3.80. The first kappa shape index (κ1) is 16.6. The zero-order valence-corrected chi connectivity index (χ0v) is 13.9. The number of fused-ring (bicyclic) bond motifs is 1. The molecule has 3 rings (SSSR count). The quantitative estimate of drug-likeness (QED) is 0.449. The van der Waals surface area contributed by atoms with Gasteiger partial charge in [0.1, 0.15) is 17.1 Å². The number of hydrogen-bond acceptors (Lipinski definition) is 5. The van der Waals surface area contributed by atoms with Gasteiger partial charge in [0.05, 0.1) is 11.1 Å². The average molecular weight is 338 g/mol. The van der Waals surface area contributed by atoms with Gasteiger partial charge in [-0.05, 0) is 61.9 Å². The van der Waals surface area contributed by atoms with Crippen molar-refractivity contribution in [2.45, 2.75) is 19.4 Å². The number of phenolic OH excluding ortho intramolecular Hbond substituents is 3. The lowest BCUT2D eigenvalue weighted by molar-refractivity contribution is 0.104. The lowest BCUT2D eigenvalue weighted by atomic mass is 9.98. The minimum absolute atomic E-state index is 0.132. The fourth-order valence-corrected chi connectivity index (χ4v) is 2.55. The maximum Gasteiger partial charge on any atom is 0.189 e. The molecule has 0 atom stereocenters. The van der Waals surface area contributed by atoms with Crippen molar-refractivity contribution in [2.24, 2.45) is 0 Å². The highest BCUT2D eigenvalue weighted by Gasteiger charge is 2.25. The molecule has 0 aliphatic carbocycles. The Morgan fingerprint density at radius 3 is 2.56 bits per heavy atom. The molecule has 1 aliphatic rings. The van der Waals surface area contributed by atoms with Gasteiger partial charge < -0.3 is 20.1 Å². The molecule has 0 fully saturated rings. The van der Waals surface area contributed by atoms with Crippen molar-refractivity contribution in [2.75, 3.05) is 0 Å². The average Bonchev–Trinajstić information content (AvgIpc) is 2.55. The van der Waals surface area contributed by atoms with Gasteiger partial charge in [-0.3, -0.25) is 4.79 Å². The molecule has 0 aromatic heterocycles. The van der Waals surface area contributed by atoms with Crippen molar-refractivity contribution in [3.63, 3.8) is 0 Å². The predicted molar refractivity (Wildman–Crippen MR) is 95.0 cm³/mol. The number of ketones is 1. The Hall–Kier alpha value is -3.21. The van der Waals surface area contributed by atoms with Crippen LogP contribution < -0.4 is 4.74 Å². The third-order valence-electron chi connectivity index (χ3n) is 3.89. The molecular weight excluding hydrogens is 320 g/mol. The number of aromatic hydroxyl groups is 3. The van der Waals surface area contributed by atoms with Crippen molar-refractivity contribution in [1.29, 1.82) is 0 Å². The van der Waals surface area contributed by atoms with Crippen LogP contribution in [0.5, 0.6) is 23.0 Å². The molecule has 5 nitrogen and oxygen atoms in total. The number of allylic oxidation sites excluding steroid dienone is 1. The van der Waals surface area contributed by atoms with Crippen LogP contribution in [0, 0.1) is 0 Å². The Morgan fingerprint density at radius 2 is 1.84 bits per heavy atom. The molecule has 1 heterocycles. The van der Waals surface area contributed by atoms with E-state index in [1.54, 1.807) is 18.2 Å². The monoisotopic (exact) mass is 338 g/mol. The van der Waals surface area contributed by atoms with Gasteiger partial charge >= 0.3 is 0 Å². The van der Waals surface area contributed by atoms with E-state index in [0.29, 0.717) is 16.9 Å². The van der Waals surface area contributed by atoms with Crippen LogP contribution in [0.15, 0.2) is 42.5 Å². The van der Waals surface area contributed by atoms with Crippen LogP contribution in [0.25, 0.3) is 12.2 Å². The van der Waals surface area contributed by atoms with E-state index in [4.69, 9.17) is 4.74 Å². The molecule has 5 heteroatoms. The second-order valence-corrected chi connectivity index (χ2v) is 6.36. The van der Waals surface area contributed by atoms with E-state index in [1.807, 2.05) is 19.9 Å². The van der Waals surface area contributed by atoms with Gasteiger partial charge in [0, 0.05) is 0 Å². The Morgan fingerprint density at radius 1 is 1.08 bits per heavy atom. The smallest absolute Gasteiger partial charge is 0.189 e. The number of rotatable bonds is 3. The van der Waals surface area contributed by atoms with E-state index >= 15 is 0 Å². The maximum absolute atomic E-state index is 12.4. The van der Waals surface area contributed by atoms with Crippen molar-refractivity contribution >= 4 is 17.9 Å². The van der Waals surface area contributed by atoms with E-state index in [1.165, 1.54) is 30.4 Å². The molecule has 0 saturated heterocycles. The van der Waals surface area contributed by atoms with E-state index in [9.17, 15) is 20.1 Å². The SMILES string of the molecule is CC1(C)C=Cc2c(ccc(C(=O)/C=C/c3ccc(O)c(O)c3)c2O)O1. The summed E-state index contributed by atoms with van der Waals surface area (Å²) in [5.41, 5.74) is 0.712. The predicted octanol–water partition coefficient (Wildman–Crippen LogP) is 3.88. The summed E-state index contributed by atoms with van der Waals surface area (Å²) in [6, 6.07) is 7.41. The van der Waals surface area contributed by atoms with Gasteiger partial charge in [-0.25, -0.2) is 0 Å². The van der Waals surface area contributed by atoms with Crippen LogP contribution in [0.2, 0.25) is 0 Å². The Kier molecular flexibility index (Phi) is 4.00. The molecule has 0 saturated carbocycles. The number of hydrogen-bond donors (Lipinski definition) is 3. The standard InChI is InChI=1S/C20H18O5/c1-20(2)10-9-14-18(25-20)8-5-13(19(14)24)15(21)6-3-12-4-7-16(22)17(23)11-12/h3-11,22-24H,1-2H3/b6-3+. The van der Waals surface area contributed by atoms with Gasteiger partial charge in [0.15, 0.2) is 17.3 Å². The summed E-state index contributed by atoms with van der Waals surface area (Å²) < 4.78 is 5.76. The summed E-state index contributed by atoms with van der Waals surface area (Å²) in [7, 11) is 0. The molecule has 25 heavy (non-hydrogen) atoms. The number of carbonyl (C=O) groups excluding carboxylic acids is 1. The van der Waals surface area contributed by atoms with Crippen LogP contribution in [0.4, 0.5) is 0 Å². The summed E-state index contributed by atoms with van der Waals surface area (Å²) in [5, 5.41) is 29.2. The summed E-state index contributed by atoms with van der Waals surface area (Å²) in [6.07, 6.45) is 6.35. The van der Waals surface area contributed by atoms with Crippen molar-refractivity contribution < 1.29 is 24.9 Å². The third kappa shape index (κ3) is 3.35. The lowest BCUT2D eigenvalue weighted by Crippen LogP contribution is -2.27. The van der Waals surface area contributed by atoms with Crippen molar-refractivity contribution in [3.05, 3.63) is 59.2 Å². The second-order valence-electron chi connectivity index (χ2n) is 6.36. The molecule has 0 amide bonds. The number of ether oxygens (including phenoxy) is 1. The molecule has 0 spiro atoms. The highest BCUT2D eigenvalue weighted by Crippen LogP contribution is 2.38. The topological polar surface area (TPSA) is 87.0 Å². The van der Waals surface area contributed by atoms with Crippen LogP contribution >= 0.6 is 0 Å². The number of carbonyl (C=O) groups is 1. The van der Waals surface area contributed by atoms with Gasteiger partial charge in [-0.15, -0.1) is 0 Å². The number of benzene rings is 2. The third-order valence-corrected chi connectivity index (χ3v) is 3.89. The van der Waals surface area contributed by atoms with Gasteiger partial charge in [-0.2, -0.15) is 0 Å². The summed E-state index contributed by atoms with van der Waals surface area (Å²) in [5.74, 6) is -0.491. The molecule has 3 N–H and O–H groups in total. The van der Waals surface area contributed by atoms with Gasteiger partial charge in [0.2, 0.25) is 0 Å². The second kappa shape index (κ2) is 6.02. The molecule has 2 aromatic carbocycles. The zero-order valence-electron chi connectivity index (χ0n) is 13.9. The van der Waals surface area contributed by atoms with E-state index < -0.39 is 5.60 Å². The largest absolute Gasteiger partial charge is 0.506 e. The number of phenols is 3. The molecule has 2 aromatic rings. The van der Waals surface area contributed by atoms with Gasteiger partial charge in [0.25, 0.3) is 0 Å². The maximum atomic E-state index is 12.4. The van der Waals surface area contributed by atoms with E-state index in [-0.39, 0.29) is 28.6 Å². The van der Waals surface area contributed by atoms with E-state index in [0.717, 1.165) is 0 Å². The van der Waals surface area contributed by atoms with Crippen molar-refractivity contribution in [1.82, 2.24) is 0 Å².